The van der Waals surface area contributed by atoms with Crippen LogP contribution in [-0.4, -0.2) is 36.0 Å². The zero-order chi connectivity index (χ0) is 16.1. The largest absolute Gasteiger partial charge is 0.354 e. The minimum Gasteiger partial charge on any atom is -0.354 e. The van der Waals surface area contributed by atoms with Gasteiger partial charge in [-0.3, -0.25) is 4.79 Å². The molecule has 6 heteroatoms. The van der Waals surface area contributed by atoms with E-state index < -0.39 is 6.04 Å². The fourth-order valence-corrected chi connectivity index (χ4v) is 2.43. The van der Waals surface area contributed by atoms with Crippen LogP contribution >= 0.6 is 0 Å². The molecule has 0 bridgehead atoms. The minimum atomic E-state index is -0.431. The van der Waals surface area contributed by atoms with Crippen molar-refractivity contribution >= 4 is 17.6 Å². The Kier molecular flexibility index (Phi) is 5.35. The number of nitrogens with zero attached hydrogens (tertiary/aromatic N) is 1. The fraction of sp³-hybridized carbons (Fsp3) is 0.500. The Bertz CT molecular complexity index is 531. The molecule has 1 atom stereocenters. The number of anilines is 1. The summed E-state index contributed by atoms with van der Waals surface area (Å²) in [5, 5.41) is 5.57. The number of hydrogen-bond donors (Lipinski definition) is 2. The molecule has 5 nitrogen and oxygen atoms in total. The minimum absolute atomic E-state index is 0.111. The third kappa shape index (κ3) is 4.19. The first kappa shape index (κ1) is 16.3. The zero-order valence-electron chi connectivity index (χ0n) is 12.9. The summed E-state index contributed by atoms with van der Waals surface area (Å²) in [6, 6.07) is 4.81. The molecule has 1 aliphatic heterocycles. The second kappa shape index (κ2) is 7.24. The maximum atomic E-state index is 12.9. The van der Waals surface area contributed by atoms with Crippen LogP contribution in [0.4, 0.5) is 14.9 Å². The van der Waals surface area contributed by atoms with Gasteiger partial charge in [0.25, 0.3) is 0 Å². The average molecular weight is 307 g/mol. The number of halogens is 1. The van der Waals surface area contributed by atoms with E-state index in [1.54, 1.807) is 4.90 Å². The van der Waals surface area contributed by atoms with Crippen molar-refractivity contribution in [3.8, 4) is 0 Å². The second-order valence-corrected chi connectivity index (χ2v) is 5.93. The van der Waals surface area contributed by atoms with Gasteiger partial charge in [0.1, 0.15) is 11.9 Å². The predicted octanol–water partition coefficient (Wildman–Crippen LogP) is 2.59. The topological polar surface area (TPSA) is 61.4 Å². The summed E-state index contributed by atoms with van der Waals surface area (Å²) in [5.41, 5.74) is 0.514. The standard InChI is InChI=1S/C16H22FN3O2/c1-11(2)10-18-15(21)14-4-3-9-20(14)16(22)19-13-7-5-12(17)6-8-13/h5-8,11,14H,3-4,9-10H2,1-2H3,(H,18,21)(H,19,22)/t14-/m0/s1. The first-order valence-electron chi connectivity index (χ1n) is 7.58. The molecule has 3 amide bonds. The molecule has 0 unspecified atom stereocenters. The number of urea groups is 1. The van der Waals surface area contributed by atoms with Crippen LogP contribution in [0.1, 0.15) is 26.7 Å². The number of carbonyl (C=O) groups is 2. The van der Waals surface area contributed by atoms with Gasteiger partial charge in [-0.15, -0.1) is 0 Å². The lowest BCUT2D eigenvalue weighted by molar-refractivity contribution is -0.124. The van der Waals surface area contributed by atoms with Gasteiger partial charge < -0.3 is 15.5 Å². The number of nitrogens with one attached hydrogen (secondary N) is 2. The van der Waals surface area contributed by atoms with E-state index in [9.17, 15) is 14.0 Å². The molecule has 0 radical (unpaired) electrons. The van der Waals surface area contributed by atoms with E-state index in [2.05, 4.69) is 10.6 Å². The third-order valence-electron chi connectivity index (χ3n) is 3.60. The number of carbonyl (C=O) groups excluding carboxylic acids is 2. The van der Waals surface area contributed by atoms with Crippen molar-refractivity contribution in [2.24, 2.45) is 5.92 Å². The van der Waals surface area contributed by atoms with Gasteiger partial charge in [-0.25, -0.2) is 9.18 Å². The summed E-state index contributed by atoms with van der Waals surface area (Å²) in [6.45, 7) is 5.19. The summed E-state index contributed by atoms with van der Waals surface area (Å²) >= 11 is 0. The van der Waals surface area contributed by atoms with E-state index >= 15 is 0 Å². The van der Waals surface area contributed by atoms with Gasteiger partial charge in [0.15, 0.2) is 0 Å². The molecule has 1 aromatic rings. The van der Waals surface area contributed by atoms with E-state index in [-0.39, 0.29) is 17.8 Å². The van der Waals surface area contributed by atoms with Crippen LogP contribution in [0.5, 0.6) is 0 Å². The van der Waals surface area contributed by atoms with E-state index in [0.717, 1.165) is 6.42 Å². The Morgan fingerprint density at radius 1 is 1.32 bits per heavy atom. The fourth-order valence-electron chi connectivity index (χ4n) is 2.43. The van der Waals surface area contributed by atoms with Crippen molar-refractivity contribution in [1.82, 2.24) is 10.2 Å². The first-order chi connectivity index (χ1) is 10.5. The van der Waals surface area contributed by atoms with Crippen LogP contribution in [0, 0.1) is 11.7 Å². The molecule has 1 heterocycles. The van der Waals surface area contributed by atoms with Crippen molar-refractivity contribution in [3.05, 3.63) is 30.1 Å². The number of hydrogen-bond acceptors (Lipinski definition) is 2. The molecule has 1 aliphatic rings. The van der Waals surface area contributed by atoms with E-state index in [1.165, 1.54) is 24.3 Å². The van der Waals surface area contributed by atoms with Crippen molar-refractivity contribution in [2.45, 2.75) is 32.7 Å². The predicted molar refractivity (Wildman–Crippen MR) is 83.0 cm³/mol. The summed E-state index contributed by atoms with van der Waals surface area (Å²) < 4.78 is 12.9. The molecule has 0 spiro atoms. The molecular formula is C16H22FN3O2. The van der Waals surface area contributed by atoms with Crippen LogP contribution in [0.2, 0.25) is 0 Å². The van der Waals surface area contributed by atoms with E-state index in [4.69, 9.17) is 0 Å². The summed E-state index contributed by atoms with van der Waals surface area (Å²) in [6.07, 6.45) is 1.47. The Hall–Kier alpha value is -2.11. The molecule has 0 aromatic heterocycles. The summed E-state index contributed by atoms with van der Waals surface area (Å²) in [7, 11) is 0. The highest BCUT2D eigenvalue weighted by atomic mass is 19.1. The van der Waals surface area contributed by atoms with E-state index in [0.29, 0.717) is 31.1 Å². The van der Waals surface area contributed by atoms with Gasteiger partial charge in [-0.2, -0.15) is 0 Å². The molecule has 1 saturated heterocycles. The van der Waals surface area contributed by atoms with Gasteiger partial charge in [-0.1, -0.05) is 13.8 Å². The molecule has 2 N–H and O–H groups in total. The summed E-state index contributed by atoms with van der Waals surface area (Å²) in [5.74, 6) is -0.0996. The molecule has 0 aliphatic carbocycles. The zero-order valence-corrected chi connectivity index (χ0v) is 12.9. The monoisotopic (exact) mass is 307 g/mol. The van der Waals surface area contributed by atoms with Gasteiger partial charge in [-0.05, 0) is 43.0 Å². The number of benzene rings is 1. The molecular weight excluding hydrogens is 285 g/mol. The average Bonchev–Trinajstić information content (AvgIpc) is 2.96. The summed E-state index contributed by atoms with van der Waals surface area (Å²) in [4.78, 5) is 26.0. The quantitative estimate of drug-likeness (QED) is 0.898. The smallest absolute Gasteiger partial charge is 0.322 e. The Morgan fingerprint density at radius 3 is 2.64 bits per heavy atom. The van der Waals surface area contributed by atoms with Crippen molar-refractivity contribution in [1.29, 1.82) is 0 Å². The van der Waals surface area contributed by atoms with Crippen LogP contribution in [0.15, 0.2) is 24.3 Å². The van der Waals surface area contributed by atoms with Crippen molar-refractivity contribution in [3.63, 3.8) is 0 Å². The van der Waals surface area contributed by atoms with Gasteiger partial charge in [0, 0.05) is 18.8 Å². The first-order valence-corrected chi connectivity index (χ1v) is 7.58. The lowest BCUT2D eigenvalue weighted by Crippen LogP contribution is -2.48. The van der Waals surface area contributed by atoms with Crippen LogP contribution in [-0.2, 0) is 4.79 Å². The van der Waals surface area contributed by atoms with Crippen molar-refractivity contribution < 1.29 is 14.0 Å². The van der Waals surface area contributed by atoms with Gasteiger partial charge >= 0.3 is 6.03 Å². The highest BCUT2D eigenvalue weighted by Gasteiger charge is 2.34. The van der Waals surface area contributed by atoms with Gasteiger partial charge in [0.05, 0.1) is 0 Å². The number of amides is 3. The Morgan fingerprint density at radius 2 is 2.00 bits per heavy atom. The van der Waals surface area contributed by atoms with Crippen LogP contribution in [0.3, 0.4) is 0 Å². The molecule has 22 heavy (non-hydrogen) atoms. The number of rotatable bonds is 4. The van der Waals surface area contributed by atoms with Crippen molar-refractivity contribution in [2.75, 3.05) is 18.4 Å². The Labute approximate surface area is 129 Å². The SMILES string of the molecule is CC(C)CNC(=O)[C@@H]1CCCN1C(=O)Nc1ccc(F)cc1. The third-order valence-corrected chi connectivity index (χ3v) is 3.60. The molecule has 120 valence electrons. The highest BCUT2D eigenvalue weighted by Crippen LogP contribution is 2.19. The molecule has 0 saturated carbocycles. The Balaban J connectivity index is 1.95. The maximum Gasteiger partial charge on any atom is 0.322 e. The van der Waals surface area contributed by atoms with E-state index in [1.807, 2.05) is 13.8 Å². The normalized spacial score (nSPS) is 17.6. The molecule has 1 aromatic carbocycles. The molecule has 2 rings (SSSR count). The molecule has 1 fully saturated rings. The number of likely N-dealkylation sites (tertiary alicyclic amines) is 1. The van der Waals surface area contributed by atoms with Crippen LogP contribution in [0.25, 0.3) is 0 Å². The highest BCUT2D eigenvalue weighted by molar-refractivity contribution is 5.94. The second-order valence-electron chi connectivity index (χ2n) is 5.93. The lowest BCUT2D eigenvalue weighted by atomic mass is 10.2. The van der Waals surface area contributed by atoms with Gasteiger partial charge in [0.2, 0.25) is 5.91 Å². The van der Waals surface area contributed by atoms with Crippen LogP contribution < -0.4 is 10.6 Å². The maximum absolute atomic E-state index is 12.9. The lowest BCUT2D eigenvalue weighted by Gasteiger charge is -2.24.